The smallest absolute Gasteiger partial charge is 0.418 e. The van der Waals surface area contributed by atoms with Crippen molar-refractivity contribution in [2.75, 3.05) is 7.11 Å². The molecule has 200 valence electrons. The number of pyridine rings is 1. The molecule has 0 aliphatic carbocycles. The van der Waals surface area contributed by atoms with Crippen molar-refractivity contribution in [1.29, 1.82) is 0 Å². The third kappa shape index (κ3) is 4.96. The first kappa shape index (κ1) is 26.4. The van der Waals surface area contributed by atoms with Crippen LogP contribution >= 0.6 is 0 Å². The van der Waals surface area contributed by atoms with E-state index in [1.807, 2.05) is 0 Å². The van der Waals surface area contributed by atoms with Crippen molar-refractivity contribution in [2.24, 2.45) is 5.73 Å². The summed E-state index contributed by atoms with van der Waals surface area (Å²) in [6, 6.07) is 23.5. The average molecular weight is 543 g/mol. The number of nitrogens with two attached hydrogens (primary N) is 1. The van der Waals surface area contributed by atoms with Crippen LogP contribution < -0.4 is 15.2 Å². The quantitative estimate of drug-likeness (QED) is 0.228. The first-order valence-corrected chi connectivity index (χ1v) is 12.0. The lowest BCUT2D eigenvalue weighted by Crippen LogP contribution is -2.17. The predicted molar refractivity (Wildman–Crippen MR) is 144 cm³/mol. The number of methoxy groups -OCH3 is 1. The molecule has 6 nitrogen and oxygen atoms in total. The van der Waals surface area contributed by atoms with E-state index in [1.54, 1.807) is 66.7 Å². The van der Waals surface area contributed by atoms with Crippen molar-refractivity contribution in [3.63, 3.8) is 0 Å². The van der Waals surface area contributed by atoms with Gasteiger partial charge in [0.1, 0.15) is 11.5 Å². The summed E-state index contributed by atoms with van der Waals surface area (Å²) in [7, 11) is 1.51. The van der Waals surface area contributed by atoms with E-state index in [2.05, 4.69) is 4.98 Å². The maximum absolute atomic E-state index is 14.0. The van der Waals surface area contributed by atoms with Gasteiger partial charge in [0.2, 0.25) is 0 Å². The molecule has 1 amide bonds. The fourth-order valence-electron chi connectivity index (χ4n) is 4.65. The average Bonchev–Trinajstić information content (AvgIpc) is 2.95. The number of para-hydroxylation sites is 1. The van der Waals surface area contributed by atoms with Gasteiger partial charge in [-0.1, -0.05) is 66.7 Å². The third-order valence-electron chi connectivity index (χ3n) is 6.37. The van der Waals surface area contributed by atoms with Crippen molar-refractivity contribution in [3.05, 3.63) is 114 Å². The molecule has 0 fully saturated rings. The monoisotopic (exact) mass is 542 g/mol. The second-order valence-corrected chi connectivity index (χ2v) is 8.77. The Balaban J connectivity index is 1.90. The van der Waals surface area contributed by atoms with Gasteiger partial charge in [-0.2, -0.15) is 13.2 Å². The summed E-state index contributed by atoms with van der Waals surface area (Å²) >= 11 is 0. The van der Waals surface area contributed by atoms with E-state index >= 15 is 0 Å². The van der Waals surface area contributed by atoms with Crippen LogP contribution in [0.1, 0.15) is 21.5 Å². The summed E-state index contributed by atoms with van der Waals surface area (Å²) in [5.74, 6) is 0.178. The van der Waals surface area contributed by atoms with Gasteiger partial charge in [0, 0.05) is 33.8 Å². The summed E-state index contributed by atoms with van der Waals surface area (Å²) in [6.07, 6.45) is -4.61. The van der Waals surface area contributed by atoms with Crippen LogP contribution in [0, 0.1) is 0 Å². The summed E-state index contributed by atoms with van der Waals surface area (Å²) in [6.45, 7) is 0. The Labute approximate surface area is 226 Å². The highest BCUT2D eigenvalue weighted by Crippen LogP contribution is 2.45. The highest BCUT2D eigenvalue weighted by atomic mass is 19.4. The Morgan fingerprint density at radius 3 is 2.17 bits per heavy atom. The largest absolute Gasteiger partial charge is 0.497 e. The zero-order valence-electron chi connectivity index (χ0n) is 21.0. The van der Waals surface area contributed by atoms with Gasteiger partial charge in [0.25, 0.3) is 0 Å². The highest BCUT2D eigenvalue weighted by molar-refractivity contribution is 6.18. The number of rotatable bonds is 6. The van der Waals surface area contributed by atoms with E-state index in [0.29, 0.717) is 28.0 Å². The number of primary amides is 1. The summed E-state index contributed by atoms with van der Waals surface area (Å²) in [5.41, 5.74) is 5.91. The standard InChI is InChI=1S/C31H21F3N2O4/c1-39-20-15-13-18(14-16-20)26-21(9-6-12-25(26)40-30(35)38)27-22-10-5-11-24(31(32,33)34)28(22)36-17-23(27)29(37)19-7-3-2-4-8-19/h2-17H,1H3,(H2,35,38). The van der Waals surface area contributed by atoms with Gasteiger partial charge in [-0.25, -0.2) is 4.79 Å². The molecule has 0 spiro atoms. The molecule has 0 saturated carbocycles. The Morgan fingerprint density at radius 2 is 1.52 bits per heavy atom. The van der Waals surface area contributed by atoms with Crippen molar-refractivity contribution in [1.82, 2.24) is 4.98 Å². The topological polar surface area (TPSA) is 91.5 Å². The van der Waals surface area contributed by atoms with E-state index in [4.69, 9.17) is 15.2 Å². The number of nitrogens with zero attached hydrogens (tertiary/aromatic N) is 1. The molecule has 0 unspecified atom stereocenters. The number of ketones is 1. The van der Waals surface area contributed by atoms with Gasteiger partial charge < -0.3 is 15.2 Å². The van der Waals surface area contributed by atoms with Crippen LogP contribution in [-0.4, -0.2) is 24.0 Å². The maximum Gasteiger partial charge on any atom is 0.418 e. The Bertz CT molecular complexity index is 1730. The van der Waals surface area contributed by atoms with Crippen molar-refractivity contribution >= 4 is 22.8 Å². The molecule has 2 N–H and O–H groups in total. The van der Waals surface area contributed by atoms with E-state index in [1.165, 1.54) is 25.3 Å². The molecule has 4 aromatic carbocycles. The van der Waals surface area contributed by atoms with E-state index in [-0.39, 0.29) is 27.8 Å². The lowest BCUT2D eigenvalue weighted by atomic mass is 9.86. The normalized spacial score (nSPS) is 11.3. The molecule has 9 heteroatoms. The van der Waals surface area contributed by atoms with Crippen LogP contribution in [0.25, 0.3) is 33.2 Å². The predicted octanol–water partition coefficient (Wildman–Crippen LogP) is 7.28. The Hall–Kier alpha value is -5.18. The fourth-order valence-corrected chi connectivity index (χ4v) is 4.65. The molecule has 0 saturated heterocycles. The number of amides is 1. The summed E-state index contributed by atoms with van der Waals surface area (Å²) in [4.78, 5) is 29.7. The lowest BCUT2D eigenvalue weighted by molar-refractivity contribution is -0.136. The van der Waals surface area contributed by atoms with Gasteiger partial charge in [-0.3, -0.25) is 9.78 Å². The summed E-state index contributed by atoms with van der Waals surface area (Å²) in [5, 5.41) is 0.0996. The minimum atomic E-state index is -4.69. The maximum atomic E-state index is 14.0. The first-order valence-electron chi connectivity index (χ1n) is 12.0. The third-order valence-corrected chi connectivity index (χ3v) is 6.37. The number of hydrogen-bond acceptors (Lipinski definition) is 5. The van der Waals surface area contributed by atoms with Crippen LogP contribution in [0.5, 0.6) is 11.5 Å². The second kappa shape index (κ2) is 10.5. The summed E-state index contributed by atoms with van der Waals surface area (Å²) < 4.78 is 52.6. The van der Waals surface area contributed by atoms with Gasteiger partial charge >= 0.3 is 12.3 Å². The molecule has 40 heavy (non-hydrogen) atoms. The van der Waals surface area contributed by atoms with Crippen molar-refractivity contribution in [2.45, 2.75) is 6.18 Å². The minimum Gasteiger partial charge on any atom is -0.497 e. The fraction of sp³-hybridized carbons (Fsp3) is 0.0645. The zero-order valence-corrected chi connectivity index (χ0v) is 21.0. The van der Waals surface area contributed by atoms with E-state index < -0.39 is 23.6 Å². The molecule has 1 aromatic heterocycles. The number of benzene rings is 4. The first-order chi connectivity index (χ1) is 19.2. The lowest BCUT2D eigenvalue weighted by Gasteiger charge is -2.20. The molecule has 0 aliphatic rings. The number of carbonyl (C=O) groups is 2. The number of alkyl halides is 3. The van der Waals surface area contributed by atoms with Crippen molar-refractivity contribution in [3.8, 4) is 33.8 Å². The number of carbonyl (C=O) groups excluding carboxylic acids is 2. The molecule has 5 aromatic rings. The molecule has 0 bridgehead atoms. The highest BCUT2D eigenvalue weighted by Gasteiger charge is 2.34. The number of hydrogen-bond donors (Lipinski definition) is 1. The van der Waals surface area contributed by atoms with E-state index in [0.717, 1.165) is 12.3 Å². The Kier molecular flexibility index (Phi) is 6.96. The molecule has 0 atom stereocenters. The minimum absolute atomic E-state index is 0.0604. The molecular weight excluding hydrogens is 521 g/mol. The van der Waals surface area contributed by atoms with Gasteiger partial charge in [-0.15, -0.1) is 0 Å². The van der Waals surface area contributed by atoms with Crippen LogP contribution in [-0.2, 0) is 6.18 Å². The molecular formula is C31H21F3N2O4. The second-order valence-electron chi connectivity index (χ2n) is 8.77. The van der Waals surface area contributed by atoms with Crippen LogP contribution in [0.4, 0.5) is 18.0 Å². The molecule has 5 rings (SSSR count). The number of halogens is 3. The molecule has 0 aliphatic heterocycles. The Morgan fingerprint density at radius 1 is 0.825 bits per heavy atom. The number of aromatic nitrogens is 1. The number of fused-ring (bicyclic) bond motifs is 1. The SMILES string of the molecule is COc1ccc(-c2c(OC(N)=O)cccc2-c2c(C(=O)c3ccccc3)cnc3c(C(F)(F)F)cccc23)cc1. The number of ether oxygens (including phenoxy) is 2. The van der Waals surface area contributed by atoms with Gasteiger partial charge in [-0.05, 0) is 35.4 Å². The van der Waals surface area contributed by atoms with Gasteiger partial charge in [0.15, 0.2) is 5.78 Å². The molecule has 0 radical (unpaired) electrons. The van der Waals surface area contributed by atoms with Crippen LogP contribution in [0.15, 0.2) is 97.2 Å². The van der Waals surface area contributed by atoms with Crippen molar-refractivity contribution < 1.29 is 32.2 Å². The van der Waals surface area contributed by atoms with Gasteiger partial charge in [0.05, 0.1) is 18.2 Å². The van der Waals surface area contributed by atoms with Crippen LogP contribution in [0.2, 0.25) is 0 Å². The zero-order chi connectivity index (χ0) is 28.4. The van der Waals surface area contributed by atoms with Crippen LogP contribution in [0.3, 0.4) is 0 Å². The molecule has 1 heterocycles. The van der Waals surface area contributed by atoms with E-state index in [9.17, 15) is 22.8 Å².